The number of hydrogen-bond acceptors (Lipinski definition) is 8. The third-order valence-electron chi connectivity index (χ3n) is 7.45. The molecule has 1 N–H and O–H groups in total. The van der Waals surface area contributed by atoms with E-state index in [1.54, 1.807) is 34.9 Å². The second kappa shape index (κ2) is 14.6. The number of benzene rings is 1. The van der Waals surface area contributed by atoms with Crippen molar-refractivity contribution in [3.05, 3.63) is 51.2 Å². The number of unbranched alkanes of at least 4 members (excludes halogenated alkanes) is 2. The number of rotatable bonds is 14. The highest BCUT2D eigenvalue weighted by molar-refractivity contribution is 7.80. The van der Waals surface area contributed by atoms with Gasteiger partial charge in [-0.1, -0.05) is 19.8 Å². The van der Waals surface area contributed by atoms with Crippen molar-refractivity contribution in [2.75, 3.05) is 44.2 Å². The number of piperazine rings is 1. The summed E-state index contributed by atoms with van der Waals surface area (Å²) < 4.78 is 26.9. The van der Waals surface area contributed by atoms with Crippen LogP contribution in [0.5, 0.6) is 5.75 Å². The maximum absolute atomic E-state index is 13.1. The minimum absolute atomic E-state index is 0.0896. The molecule has 1 aliphatic rings. The molecule has 0 amide bonds. The van der Waals surface area contributed by atoms with Crippen molar-refractivity contribution < 1.29 is 18.2 Å². The Bertz CT molecular complexity index is 1260. The van der Waals surface area contributed by atoms with Crippen molar-refractivity contribution >= 4 is 16.9 Å². The number of hydrogen-bond donors (Lipinski definition) is 1. The van der Waals surface area contributed by atoms with E-state index < -0.39 is 22.8 Å². The topological polar surface area (TPSA) is 106 Å². The van der Waals surface area contributed by atoms with E-state index in [0.717, 1.165) is 19.3 Å². The highest BCUT2D eigenvalue weighted by atomic mass is 32.2. The van der Waals surface area contributed by atoms with E-state index in [-0.39, 0.29) is 23.3 Å². The minimum Gasteiger partial charge on any atom is -0.485 e. The van der Waals surface area contributed by atoms with Gasteiger partial charge < -0.3 is 14.7 Å². The molecular formula is C30H48N4O6S. The van der Waals surface area contributed by atoms with Crippen LogP contribution in [0.3, 0.4) is 0 Å². The molecule has 3 rings (SSSR count). The van der Waals surface area contributed by atoms with Crippen LogP contribution in [0.1, 0.15) is 79.8 Å². The normalized spacial score (nSPS) is 16.4. The first-order valence-electron chi connectivity index (χ1n) is 14.7. The van der Waals surface area contributed by atoms with Crippen molar-refractivity contribution in [2.45, 2.75) is 96.4 Å². The molecule has 0 spiro atoms. The summed E-state index contributed by atoms with van der Waals surface area (Å²) in [5, 5.41) is 11.1. The molecule has 230 valence electrons. The summed E-state index contributed by atoms with van der Waals surface area (Å²) in [6, 6.07) is 8.21. The molecule has 2 atom stereocenters. The number of β-amino-alcohol motifs (C(OH)–C–C–N with tert-alkyl or cyclic N) is 1. The predicted octanol–water partition coefficient (Wildman–Crippen LogP) is 3.74. The van der Waals surface area contributed by atoms with Crippen LogP contribution in [0.4, 0.5) is 5.82 Å². The number of aromatic nitrogens is 2. The summed E-state index contributed by atoms with van der Waals surface area (Å²) >= 11 is -1.51. The summed E-state index contributed by atoms with van der Waals surface area (Å²) in [7, 11) is 0. The molecule has 0 saturated carbocycles. The van der Waals surface area contributed by atoms with Crippen LogP contribution in [-0.2, 0) is 15.3 Å². The van der Waals surface area contributed by atoms with Gasteiger partial charge in [-0.05, 0) is 72.2 Å². The lowest BCUT2D eigenvalue weighted by molar-refractivity contribution is -0.0450. The van der Waals surface area contributed by atoms with Gasteiger partial charge in [0.25, 0.3) is 5.56 Å². The second-order valence-electron chi connectivity index (χ2n) is 11.8. The van der Waals surface area contributed by atoms with E-state index in [1.807, 2.05) is 41.5 Å². The molecule has 1 aliphatic heterocycles. The maximum Gasteiger partial charge on any atom is 0.333 e. The fourth-order valence-electron chi connectivity index (χ4n) is 4.93. The smallest absolute Gasteiger partial charge is 0.333 e. The molecule has 1 aromatic carbocycles. The van der Waals surface area contributed by atoms with Crippen molar-refractivity contribution in [1.29, 1.82) is 0 Å². The molecular weight excluding hydrogens is 544 g/mol. The Balaban J connectivity index is 1.58. The number of anilines is 1. The third kappa shape index (κ3) is 8.53. The Hall–Kier alpha value is -2.47. The number of nitrogens with zero attached hydrogens (tertiary/aromatic N) is 4. The van der Waals surface area contributed by atoms with Gasteiger partial charge in [-0.15, -0.1) is 0 Å². The zero-order valence-electron chi connectivity index (χ0n) is 25.7. The van der Waals surface area contributed by atoms with E-state index >= 15 is 0 Å². The van der Waals surface area contributed by atoms with Gasteiger partial charge in [-0.25, -0.2) is 9.00 Å². The highest BCUT2D eigenvalue weighted by Gasteiger charge is 2.33. The zero-order chi connectivity index (χ0) is 30.3. The summed E-state index contributed by atoms with van der Waals surface area (Å²) in [5.41, 5.74) is -1.44. The molecule has 2 aromatic rings. The molecule has 0 aliphatic carbocycles. The van der Waals surface area contributed by atoms with Crippen LogP contribution < -0.4 is 20.9 Å². The van der Waals surface area contributed by atoms with Crippen molar-refractivity contribution in [2.24, 2.45) is 0 Å². The van der Waals surface area contributed by atoms with Gasteiger partial charge in [-0.2, -0.15) is 0 Å². The van der Waals surface area contributed by atoms with Gasteiger partial charge in [0.2, 0.25) is 0 Å². The first kappa shape index (κ1) is 33.0. The standard InChI is InChI=1S/C30H48N4O6S/c1-8-9-10-19-39-41(38)25-13-11-24(12-14-25)40-30(6,7)26(35)21-31-15-17-32(18-16-31)27-20-28(36)34(23(4)5)29(37)33(27)22(2)3/h11-14,20,22-23,26,35H,8-10,15-19,21H2,1-7H3. The van der Waals surface area contributed by atoms with Crippen LogP contribution in [-0.4, -0.2) is 74.4 Å². The van der Waals surface area contributed by atoms with Gasteiger partial charge in [0.15, 0.2) is 11.1 Å². The Morgan fingerprint density at radius 2 is 1.56 bits per heavy atom. The fourth-order valence-corrected chi connectivity index (χ4v) is 5.70. The van der Waals surface area contributed by atoms with Crippen LogP contribution >= 0.6 is 0 Å². The lowest BCUT2D eigenvalue weighted by Gasteiger charge is -2.40. The number of ether oxygens (including phenoxy) is 1. The summed E-state index contributed by atoms with van der Waals surface area (Å²) in [5.74, 6) is 1.22. The van der Waals surface area contributed by atoms with Crippen molar-refractivity contribution in [3.8, 4) is 5.75 Å². The van der Waals surface area contributed by atoms with E-state index in [9.17, 15) is 18.9 Å². The molecule has 2 unspecified atom stereocenters. The number of aliphatic hydroxyl groups is 1. The Labute approximate surface area is 246 Å². The van der Waals surface area contributed by atoms with E-state index in [2.05, 4.69) is 16.7 Å². The molecule has 41 heavy (non-hydrogen) atoms. The Morgan fingerprint density at radius 1 is 0.951 bits per heavy atom. The molecule has 2 heterocycles. The SMILES string of the molecule is CCCCCOS(=O)c1ccc(OC(C)(C)C(O)CN2CCN(c3cc(=O)n(C(C)C)c(=O)n3C(C)C)CC2)cc1. The summed E-state index contributed by atoms with van der Waals surface area (Å²) in [6.45, 7) is 16.9. The molecule has 11 heteroatoms. The first-order chi connectivity index (χ1) is 19.4. The summed E-state index contributed by atoms with van der Waals surface area (Å²) in [4.78, 5) is 30.7. The largest absolute Gasteiger partial charge is 0.485 e. The molecule has 0 bridgehead atoms. The monoisotopic (exact) mass is 592 g/mol. The second-order valence-corrected chi connectivity index (χ2v) is 13.0. The lowest BCUT2D eigenvalue weighted by Crippen LogP contribution is -2.54. The van der Waals surface area contributed by atoms with Crippen LogP contribution in [0, 0.1) is 0 Å². The molecule has 0 radical (unpaired) electrons. The summed E-state index contributed by atoms with van der Waals surface area (Å²) in [6.07, 6.45) is 2.24. The van der Waals surface area contributed by atoms with Gasteiger partial charge in [0, 0.05) is 50.9 Å². The van der Waals surface area contributed by atoms with E-state index in [4.69, 9.17) is 8.92 Å². The van der Waals surface area contributed by atoms with Crippen molar-refractivity contribution in [1.82, 2.24) is 14.0 Å². The minimum atomic E-state index is -1.51. The Kier molecular flexibility index (Phi) is 11.8. The molecule has 1 aromatic heterocycles. The van der Waals surface area contributed by atoms with Gasteiger partial charge in [0.1, 0.15) is 23.3 Å². The van der Waals surface area contributed by atoms with Crippen LogP contribution in [0.2, 0.25) is 0 Å². The molecule has 10 nitrogen and oxygen atoms in total. The average molecular weight is 593 g/mol. The Morgan fingerprint density at radius 3 is 2.12 bits per heavy atom. The number of aliphatic hydroxyl groups excluding tert-OH is 1. The average Bonchev–Trinajstić information content (AvgIpc) is 2.90. The van der Waals surface area contributed by atoms with Crippen molar-refractivity contribution in [3.63, 3.8) is 0 Å². The van der Waals surface area contributed by atoms with Gasteiger partial charge in [-0.3, -0.25) is 23.0 Å². The highest BCUT2D eigenvalue weighted by Crippen LogP contribution is 2.24. The fraction of sp³-hybridized carbons (Fsp3) is 0.667. The van der Waals surface area contributed by atoms with Gasteiger partial charge >= 0.3 is 5.69 Å². The van der Waals surface area contributed by atoms with Crippen LogP contribution in [0.15, 0.2) is 44.8 Å². The third-order valence-corrected chi connectivity index (χ3v) is 8.48. The lowest BCUT2D eigenvalue weighted by atomic mass is 10.0. The zero-order valence-corrected chi connectivity index (χ0v) is 26.5. The molecule has 1 fully saturated rings. The van der Waals surface area contributed by atoms with E-state index in [0.29, 0.717) is 55.8 Å². The van der Waals surface area contributed by atoms with Gasteiger partial charge in [0.05, 0.1) is 11.5 Å². The predicted molar refractivity (Wildman–Crippen MR) is 163 cm³/mol. The van der Waals surface area contributed by atoms with Crippen LogP contribution in [0.25, 0.3) is 0 Å². The van der Waals surface area contributed by atoms with E-state index in [1.165, 1.54) is 4.57 Å². The molecule has 1 saturated heterocycles. The maximum atomic E-state index is 13.1. The first-order valence-corrected chi connectivity index (χ1v) is 15.8. The quantitative estimate of drug-likeness (QED) is 0.331.